The Morgan fingerprint density at radius 2 is 1.91 bits per heavy atom. The largest absolute Gasteiger partial charge is 0.497 e. The van der Waals surface area contributed by atoms with Crippen LogP contribution >= 0.6 is 11.8 Å². The zero-order chi connectivity index (χ0) is 25.5. The van der Waals surface area contributed by atoms with Crippen LogP contribution in [0.5, 0.6) is 5.75 Å². The number of nitrogens with zero attached hydrogens (tertiary/aromatic N) is 4. The molecule has 3 aromatic rings. The van der Waals surface area contributed by atoms with Gasteiger partial charge in [-0.05, 0) is 56.7 Å². The maximum absolute atomic E-state index is 12.6. The fourth-order valence-electron chi connectivity index (χ4n) is 3.33. The van der Waals surface area contributed by atoms with Gasteiger partial charge >= 0.3 is 0 Å². The molecule has 12 heteroatoms. The first-order chi connectivity index (χ1) is 16.7. The Morgan fingerprint density at radius 1 is 1.20 bits per heavy atom. The second-order valence-electron chi connectivity index (χ2n) is 7.60. The summed E-state index contributed by atoms with van der Waals surface area (Å²) in [6, 6.07) is 10.6. The number of rotatable bonds is 10. The molecule has 0 unspecified atom stereocenters. The standard InChI is InChI=1S/C23H26N6O5S/c1-5-28-21(15(3)24-22(31)16-6-9-18(34-4)10-7-16)26-27-23(28)35-13-20(30)25-19-11-8-17(29(32)33)12-14(19)2/h6-12,15H,5,13H2,1-4H3,(H,24,31)(H,25,30)/t15-/m0/s1. The van der Waals surface area contributed by atoms with Crippen LogP contribution in [0.2, 0.25) is 0 Å². The summed E-state index contributed by atoms with van der Waals surface area (Å²) < 4.78 is 6.96. The summed E-state index contributed by atoms with van der Waals surface area (Å²) in [5.41, 5.74) is 1.56. The molecule has 0 bridgehead atoms. The highest BCUT2D eigenvalue weighted by molar-refractivity contribution is 7.99. The molecule has 2 amide bonds. The molecule has 3 rings (SSSR count). The second kappa shape index (κ2) is 11.5. The number of nitro groups is 1. The summed E-state index contributed by atoms with van der Waals surface area (Å²) in [5.74, 6) is 0.775. The van der Waals surface area contributed by atoms with Crippen molar-refractivity contribution in [3.8, 4) is 5.75 Å². The number of hydrogen-bond donors (Lipinski definition) is 2. The smallest absolute Gasteiger partial charge is 0.269 e. The number of methoxy groups -OCH3 is 1. The van der Waals surface area contributed by atoms with Gasteiger partial charge in [-0.2, -0.15) is 0 Å². The van der Waals surface area contributed by atoms with Crippen molar-refractivity contribution >= 4 is 35.0 Å². The van der Waals surface area contributed by atoms with Crippen LogP contribution in [0.3, 0.4) is 0 Å². The molecule has 184 valence electrons. The molecule has 0 aliphatic carbocycles. The predicted molar refractivity (Wildman–Crippen MR) is 132 cm³/mol. The fourth-order valence-corrected chi connectivity index (χ4v) is 4.14. The average molecular weight is 499 g/mol. The van der Waals surface area contributed by atoms with Gasteiger partial charge in [0, 0.05) is 29.9 Å². The highest BCUT2D eigenvalue weighted by Crippen LogP contribution is 2.24. The number of carbonyl (C=O) groups is 2. The number of non-ortho nitro benzene ring substituents is 1. The van der Waals surface area contributed by atoms with Crippen LogP contribution in [0.15, 0.2) is 47.6 Å². The predicted octanol–water partition coefficient (Wildman–Crippen LogP) is 3.75. The van der Waals surface area contributed by atoms with E-state index in [0.717, 1.165) is 0 Å². The molecule has 0 saturated heterocycles. The van der Waals surface area contributed by atoms with E-state index in [-0.39, 0.29) is 23.3 Å². The number of amides is 2. The molecular formula is C23H26N6O5S. The zero-order valence-corrected chi connectivity index (χ0v) is 20.6. The third kappa shape index (κ3) is 6.35. The number of carbonyl (C=O) groups excluding carboxylic acids is 2. The molecule has 2 aromatic carbocycles. The van der Waals surface area contributed by atoms with Gasteiger partial charge in [-0.3, -0.25) is 19.7 Å². The van der Waals surface area contributed by atoms with Crippen molar-refractivity contribution in [3.63, 3.8) is 0 Å². The van der Waals surface area contributed by atoms with Gasteiger partial charge in [0.15, 0.2) is 11.0 Å². The normalized spacial score (nSPS) is 11.5. The number of nitrogens with one attached hydrogen (secondary N) is 2. The molecule has 0 aliphatic rings. The highest BCUT2D eigenvalue weighted by Gasteiger charge is 2.20. The Bertz CT molecular complexity index is 1230. The van der Waals surface area contributed by atoms with Gasteiger partial charge in [-0.25, -0.2) is 0 Å². The Labute approximate surface area is 206 Å². The number of thioether (sulfide) groups is 1. The molecule has 0 saturated carbocycles. The Kier molecular flexibility index (Phi) is 8.42. The first-order valence-electron chi connectivity index (χ1n) is 10.8. The van der Waals surface area contributed by atoms with Crippen molar-refractivity contribution in [2.45, 2.75) is 38.5 Å². The minimum atomic E-state index is -0.482. The van der Waals surface area contributed by atoms with Crippen molar-refractivity contribution in [2.24, 2.45) is 0 Å². The number of aromatic nitrogens is 3. The molecule has 0 aliphatic heterocycles. The molecular weight excluding hydrogens is 472 g/mol. The van der Waals surface area contributed by atoms with Crippen LogP contribution in [-0.2, 0) is 11.3 Å². The molecule has 0 fully saturated rings. The lowest BCUT2D eigenvalue weighted by Gasteiger charge is -2.15. The molecule has 1 heterocycles. The van der Waals surface area contributed by atoms with Gasteiger partial charge in [0.05, 0.1) is 23.8 Å². The summed E-state index contributed by atoms with van der Waals surface area (Å²) in [6.07, 6.45) is 0. The van der Waals surface area contributed by atoms with E-state index in [1.54, 1.807) is 38.3 Å². The van der Waals surface area contributed by atoms with Crippen LogP contribution in [0, 0.1) is 17.0 Å². The lowest BCUT2D eigenvalue weighted by molar-refractivity contribution is -0.384. The van der Waals surface area contributed by atoms with Gasteiger partial charge < -0.3 is 19.9 Å². The van der Waals surface area contributed by atoms with E-state index >= 15 is 0 Å². The molecule has 0 spiro atoms. The molecule has 0 radical (unpaired) electrons. The number of benzene rings is 2. The fraction of sp³-hybridized carbons (Fsp3) is 0.304. The van der Waals surface area contributed by atoms with Gasteiger partial charge in [-0.15, -0.1) is 10.2 Å². The quantitative estimate of drug-likeness (QED) is 0.245. The van der Waals surface area contributed by atoms with E-state index in [0.29, 0.717) is 40.1 Å². The van der Waals surface area contributed by atoms with Gasteiger partial charge in [0.25, 0.3) is 11.6 Å². The maximum Gasteiger partial charge on any atom is 0.269 e. The van der Waals surface area contributed by atoms with Crippen LogP contribution in [0.25, 0.3) is 0 Å². The Morgan fingerprint density at radius 3 is 2.51 bits per heavy atom. The third-order valence-corrected chi connectivity index (χ3v) is 6.14. The SMILES string of the molecule is CCn1c(SCC(=O)Nc2ccc([N+](=O)[O-])cc2C)nnc1[C@H](C)NC(=O)c1ccc(OC)cc1. The van der Waals surface area contributed by atoms with E-state index in [1.807, 2.05) is 18.4 Å². The first kappa shape index (κ1) is 25.7. The number of nitro benzene ring substituents is 1. The first-order valence-corrected chi connectivity index (χ1v) is 11.8. The lowest BCUT2D eigenvalue weighted by Crippen LogP contribution is -2.28. The molecule has 2 N–H and O–H groups in total. The van der Waals surface area contributed by atoms with Gasteiger partial charge in [0.1, 0.15) is 5.75 Å². The Balaban J connectivity index is 1.62. The van der Waals surface area contributed by atoms with E-state index in [1.165, 1.54) is 30.0 Å². The van der Waals surface area contributed by atoms with E-state index in [4.69, 9.17) is 4.74 Å². The van der Waals surface area contributed by atoms with Crippen molar-refractivity contribution in [1.82, 2.24) is 20.1 Å². The van der Waals surface area contributed by atoms with Crippen molar-refractivity contribution in [2.75, 3.05) is 18.2 Å². The monoisotopic (exact) mass is 498 g/mol. The van der Waals surface area contributed by atoms with E-state index in [9.17, 15) is 19.7 Å². The summed E-state index contributed by atoms with van der Waals surface area (Å²) in [5, 5.41) is 25.5. The lowest BCUT2D eigenvalue weighted by atomic mass is 10.2. The zero-order valence-electron chi connectivity index (χ0n) is 19.8. The molecule has 35 heavy (non-hydrogen) atoms. The van der Waals surface area contributed by atoms with E-state index < -0.39 is 11.0 Å². The molecule has 11 nitrogen and oxygen atoms in total. The third-order valence-electron chi connectivity index (χ3n) is 5.18. The molecule has 1 atom stereocenters. The van der Waals surface area contributed by atoms with Gasteiger partial charge in [0.2, 0.25) is 5.91 Å². The van der Waals surface area contributed by atoms with Crippen molar-refractivity contribution in [1.29, 1.82) is 0 Å². The number of anilines is 1. The summed E-state index contributed by atoms with van der Waals surface area (Å²) in [6.45, 7) is 5.99. The van der Waals surface area contributed by atoms with Crippen molar-refractivity contribution < 1.29 is 19.2 Å². The summed E-state index contributed by atoms with van der Waals surface area (Å²) >= 11 is 1.21. The summed E-state index contributed by atoms with van der Waals surface area (Å²) in [4.78, 5) is 35.5. The number of ether oxygens (including phenoxy) is 1. The van der Waals surface area contributed by atoms with Crippen LogP contribution in [0.1, 0.15) is 41.6 Å². The highest BCUT2D eigenvalue weighted by atomic mass is 32.2. The van der Waals surface area contributed by atoms with Crippen molar-refractivity contribution in [3.05, 3.63) is 69.5 Å². The minimum Gasteiger partial charge on any atom is -0.497 e. The minimum absolute atomic E-state index is 0.0355. The Hall–Kier alpha value is -3.93. The maximum atomic E-state index is 12.6. The average Bonchev–Trinajstić information content (AvgIpc) is 3.27. The van der Waals surface area contributed by atoms with Crippen LogP contribution in [0.4, 0.5) is 11.4 Å². The number of hydrogen-bond acceptors (Lipinski definition) is 8. The summed E-state index contributed by atoms with van der Waals surface area (Å²) in [7, 11) is 1.56. The van der Waals surface area contributed by atoms with E-state index in [2.05, 4.69) is 20.8 Å². The second-order valence-corrected chi connectivity index (χ2v) is 8.54. The van der Waals surface area contributed by atoms with Gasteiger partial charge in [-0.1, -0.05) is 11.8 Å². The van der Waals surface area contributed by atoms with Crippen LogP contribution < -0.4 is 15.4 Å². The molecule has 1 aromatic heterocycles. The van der Waals surface area contributed by atoms with Crippen LogP contribution in [-0.4, -0.2) is 44.4 Å². The number of aryl methyl sites for hydroxylation is 1. The topological polar surface area (TPSA) is 141 Å².